The summed E-state index contributed by atoms with van der Waals surface area (Å²) in [6, 6.07) is 9.19. The van der Waals surface area contributed by atoms with Gasteiger partial charge in [-0.1, -0.05) is 11.8 Å². The lowest BCUT2D eigenvalue weighted by atomic mass is 10.1. The lowest BCUT2D eigenvalue weighted by Crippen LogP contribution is -2.52. The van der Waals surface area contributed by atoms with Crippen LogP contribution in [0.1, 0.15) is 22.8 Å². The number of carbonyl (C=O) groups excluding carboxylic acids is 1. The van der Waals surface area contributed by atoms with Gasteiger partial charge in [-0.2, -0.15) is 13.2 Å². The van der Waals surface area contributed by atoms with Crippen molar-refractivity contribution in [3.8, 4) is 0 Å². The third kappa shape index (κ3) is 4.68. The molecule has 2 rings (SSSR count). The van der Waals surface area contributed by atoms with Gasteiger partial charge in [0.2, 0.25) is 5.60 Å². The standard InChI is InChI=1S/C18H15BrF3NO4S/c1-9-12(23-16(26)17(2,27)18(20,21)22)7-8-13(14(9)19)28-11-5-3-10(4-6-11)15(24)25/h3-8,27H,1-2H3,(H,23,26)(H,24,25). The van der Waals surface area contributed by atoms with Gasteiger partial charge in [0.05, 0.1) is 5.56 Å². The van der Waals surface area contributed by atoms with Crippen molar-refractivity contribution in [3.63, 3.8) is 0 Å². The fraction of sp³-hybridized carbons (Fsp3) is 0.222. The number of carboxylic acids is 1. The fourth-order valence-corrected chi connectivity index (χ4v) is 3.53. The first-order valence-corrected chi connectivity index (χ1v) is 9.36. The van der Waals surface area contributed by atoms with E-state index in [0.29, 0.717) is 21.9 Å². The number of halogens is 4. The van der Waals surface area contributed by atoms with Crippen LogP contribution in [0.25, 0.3) is 0 Å². The molecular formula is C18H15BrF3NO4S. The lowest BCUT2D eigenvalue weighted by Gasteiger charge is -2.25. The Kier molecular flexibility index (Phi) is 6.47. The molecule has 2 aromatic rings. The number of carbonyl (C=O) groups is 2. The van der Waals surface area contributed by atoms with Gasteiger partial charge in [-0.25, -0.2) is 4.79 Å². The summed E-state index contributed by atoms with van der Waals surface area (Å²) in [4.78, 5) is 24.2. The Morgan fingerprint density at radius 3 is 2.18 bits per heavy atom. The highest BCUT2D eigenvalue weighted by Gasteiger charge is 2.55. The molecule has 0 aliphatic rings. The maximum Gasteiger partial charge on any atom is 0.426 e. The number of alkyl halides is 3. The van der Waals surface area contributed by atoms with Crippen LogP contribution in [0.2, 0.25) is 0 Å². The van der Waals surface area contributed by atoms with Crippen molar-refractivity contribution < 1.29 is 33.0 Å². The first kappa shape index (κ1) is 22.3. The zero-order valence-corrected chi connectivity index (χ0v) is 17.0. The highest BCUT2D eigenvalue weighted by atomic mass is 79.9. The van der Waals surface area contributed by atoms with E-state index < -0.39 is 23.7 Å². The van der Waals surface area contributed by atoms with Crippen LogP contribution in [-0.4, -0.2) is 33.9 Å². The quantitative estimate of drug-likeness (QED) is 0.572. The number of hydrogen-bond acceptors (Lipinski definition) is 4. The van der Waals surface area contributed by atoms with Gasteiger partial charge in [-0.05, 0) is 71.7 Å². The summed E-state index contributed by atoms with van der Waals surface area (Å²) in [7, 11) is 0. The third-order valence-electron chi connectivity index (χ3n) is 3.92. The molecule has 1 amide bonds. The normalized spacial score (nSPS) is 13.7. The van der Waals surface area contributed by atoms with Gasteiger partial charge < -0.3 is 15.5 Å². The van der Waals surface area contributed by atoms with E-state index in [1.54, 1.807) is 25.1 Å². The average molecular weight is 478 g/mol. The largest absolute Gasteiger partial charge is 0.478 e. The monoisotopic (exact) mass is 477 g/mol. The van der Waals surface area contributed by atoms with Gasteiger partial charge in [0.1, 0.15) is 0 Å². The highest BCUT2D eigenvalue weighted by Crippen LogP contribution is 2.39. The minimum absolute atomic E-state index is 0.118. The topological polar surface area (TPSA) is 86.6 Å². The Morgan fingerprint density at radius 1 is 1.11 bits per heavy atom. The second kappa shape index (κ2) is 8.14. The van der Waals surface area contributed by atoms with Crippen LogP contribution < -0.4 is 5.32 Å². The van der Waals surface area contributed by atoms with Crippen LogP contribution in [0.4, 0.5) is 18.9 Å². The molecule has 150 valence electrons. The van der Waals surface area contributed by atoms with Crippen molar-refractivity contribution in [2.24, 2.45) is 0 Å². The first-order valence-electron chi connectivity index (χ1n) is 7.75. The van der Waals surface area contributed by atoms with E-state index in [1.165, 1.54) is 30.0 Å². The average Bonchev–Trinajstić information content (AvgIpc) is 2.60. The molecular weight excluding hydrogens is 463 g/mol. The van der Waals surface area contributed by atoms with Gasteiger partial charge >= 0.3 is 12.1 Å². The van der Waals surface area contributed by atoms with E-state index in [0.717, 1.165) is 4.90 Å². The fourth-order valence-electron chi connectivity index (χ4n) is 2.04. The molecule has 5 nitrogen and oxygen atoms in total. The summed E-state index contributed by atoms with van der Waals surface area (Å²) in [6.45, 7) is 1.98. The van der Waals surface area contributed by atoms with Gasteiger partial charge in [-0.15, -0.1) is 0 Å². The first-order chi connectivity index (χ1) is 12.8. The number of hydrogen-bond donors (Lipinski definition) is 3. The Labute approximate surface area is 171 Å². The minimum Gasteiger partial charge on any atom is -0.478 e. The Balaban J connectivity index is 2.23. The second-order valence-corrected chi connectivity index (χ2v) is 7.91. The lowest BCUT2D eigenvalue weighted by molar-refractivity contribution is -0.242. The number of carboxylic acid groups (broad SMARTS) is 1. The molecule has 0 aliphatic carbocycles. The van der Waals surface area contributed by atoms with Gasteiger partial charge in [-0.3, -0.25) is 4.79 Å². The molecule has 0 radical (unpaired) electrons. The molecule has 0 aromatic heterocycles. The van der Waals surface area contributed by atoms with Crippen molar-refractivity contribution in [2.45, 2.75) is 35.4 Å². The van der Waals surface area contributed by atoms with E-state index in [4.69, 9.17) is 5.11 Å². The zero-order chi connectivity index (χ0) is 21.3. The van der Waals surface area contributed by atoms with Crippen LogP contribution in [-0.2, 0) is 4.79 Å². The molecule has 0 aliphatic heterocycles. The molecule has 3 N–H and O–H groups in total. The molecule has 0 spiro atoms. The van der Waals surface area contributed by atoms with Crippen molar-refractivity contribution in [1.82, 2.24) is 0 Å². The van der Waals surface area contributed by atoms with Crippen LogP contribution in [0.5, 0.6) is 0 Å². The molecule has 0 bridgehead atoms. The predicted octanol–water partition coefficient (Wildman–Crippen LogP) is 4.86. The molecule has 0 saturated carbocycles. The van der Waals surface area contributed by atoms with Gasteiger partial charge in [0.25, 0.3) is 5.91 Å². The predicted molar refractivity (Wildman–Crippen MR) is 102 cm³/mol. The number of aromatic carboxylic acids is 1. The Hall–Kier alpha value is -2.04. The number of amides is 1. The number of aliphatic hydroxyl groups is 1. The number of nitrogens with one attached hydrogen (secondary N) is 1. The second-order valence-electron chi connectivity index (χ2n) is 6.01. The SMILES string of the molecule is Cc1c(NC(=O)C(C)(O)C(F)(F)F)ccc(Sc2ccc(C(=O)O)cc2)c1Br. The van der Waals surface area contributed by atoms with Crippen LogP contribution in [0.15, 0.2) is 50.7 Å². The molecule has 1 unspecified atom stereocenters. The summed E-state index contributed by atoms with van der Waals surface area (Å²) < 4.78 is 38.9. The summed E-state index contributed by atoms with van der Waals surface area (Å²) in [5.41, 5.74) is -2.79. The molecule has 28 heavy (non-hydrogen) atoms. The van der Waals surface area contributed by atoms with E-state index >= 15 is 0 Å². The number of anilines is 1. The number of benzene rings is 2. The number of rotatable bonds is 5. The van der Waals surface area contributed by atoms with Gasteiger partial charge in [0.15, 0.2) is 0 Å². The zero-order valence-electron chi connectivity index (χ0n) is 14.6. The maximum atomic E-state index is 12.8. The van der Waals surface area contributed by atoms with Crippen LogP contribution in [0.3, 0.4) is 0 Å². The van der Waals surface area contributed by atoms with Crippen molar-refractivity contribution >= 4 is 45.3 Å². The maximum absolute atomic E-state index is 12.8. The van der Waals surface area contributed by atoms with E-state index in [2.05, 4.69) is 21.2 Å². The van der Waals surface area contributed by atoms with E-state index in [9.17, 15) is 27.9 Å². The summed E-state index contributed by atoms with van der Waals surface area (Å²) in [5.74, 6) is -2.62. The molecule has 0 fully saturated rings. The Bertz CT molecular complexity index is 914. The van der Waals surface area contributed by atoms with Crippen LogP contribution in [0, 0.1) is 6.92 Å². The van der Waals surface area contributed by atoms with Crippen molar-refractivity contribution in [1.29, 1.82) is 0 Å². The summed E-state index contributed by atoms with van der Waals surface area (Å²) >= 11 is 4.66. The summed E-state index contributed by atoms with van der Waals surface area (Å²) in [5, 5.41) is 20.5. The van der Waals surface area contributed by atoms with Gasteiger partial charge in [0, 0.05) is 20.0 Å². The van der Waals surface area contributed by atoms with Crippen molar-refractivity contribution in [3.05, 3.63) is 52.0 Å². The molecule has 0 heterocycles. The molecule has 1 atom stereocenters. The van der Waals surface area contributed by atoms with Crippen molar-refractivity contribution in [2.75, 3.05) is 5.32 Å². The minimum atomic E-state index is -5.11. The highest BCUT2D eigenvalue weighted by molar-refractivity contribution is 9.10. The Morgan fingerprint density at radius 2 is 1.68 bits per heavy atom. The molecule has 0 saturated heterocycles. The van der Waals surface area contributed by atoms with E-state index in [1.807, 2.05) is 0 Å². The molecule has 10 heteroatoms. The third-order valence-corrected chi connectivity index (χ3v) is 6.27. The smallest absolute Gasteiger partial charge is 0.426 e. The van der Waals surface area contributed by atoms with Crippen LogP contribution >= 0.6 is 27.7 Å². The molecule has 2 aromatic carbocycles. The van der Waals surface area contributed by atoms with E-state index in [-0.39, 0.29) is 11.3 Å². The summed E-state index contributed by atoms with van der Waals surface area (Å²) in [6.07, 6.45) is -5.11.